The van der Waals surface area contributed by atoms with Gasteiger partial charge in [-0.05, 0) is 24.6 Å². The second-order valence-corrected chi connectivity index (χ2v) is 5.57. The molecule has 116 valence electrons. The molecule has 0 radical (unpaired) electrons. The van der Waals surface area contributed by atoms with Crippen molar-refractivity contribution in [3.05, 3.63) is 29.8 Å². The smallest absolute Gasteiger partial charge is 0.219 e. The third-order valence-electron chi connectivity index (χ3n) is 4.24. The Morgan fingerprint density at radius 2 is 1.86 bits per heavy atom. The summed E-state index contributed by atoms with van der Waals surface area (Å²) in [6.07, 6.45) is 1.08. The van der Waals surface area contributed by atoms with Gasteiger partial charge in [0.2, 0.25) is 5.91 Å². The molecule has 4 nitrogen and oxygen atoms in total. The third-order valence-corrected chi connectivity index (χ3v) is 4.24. The largest absolute Gasteiger partial charge is 0.368 e. The van der Waals surface area contributed by atoms with Gasteiger partial charge in [-0.2, -0.15) is 0 Å². The summed E-state index contributed by atoms with van der Waals surface area (Å²) in [4.78, 5) is 15.8. The number of amides is 1. The van der Waals surface area contributed by atoms with E-state index in [0.717, 1.165) is 39.1 Å². The van der Waals surface area contributed by atoms with Crippen LogP contribution in [0.5, 0.6) is 0 Å². The Morgan fingerprint density at radius 3 is 2.43 bits per heavy atom. The molecule has 1 heterocycles. The van der Waals surface area contributed by atoms with E-state index in [1.165, 1.54) is 11.3 Å². The van der Waals surface area contributed by atoms with Crippen molar-refractivity contribution in [1.29, 1.82) is 0 Å². The lowest BCUT2D eigenvalue weighted by molar-refractivity contribution is -0.129. The lowest BCUT2D eigenvalue weighted by Crippen LogP contribution is -2.48. The van der Waals surface area contributed by atoms with Crippen LogP contribution in [-0.4, -0.2) is 43.5 Å². The van der Waals surface area contributed by atoms with E-state index < -0.39 is 0 Å². The molecule has 4 heteroatoms. The summed E-state index contributed by atoms with van der Waals surface area (Å²) in [5, 5.41) is 3.56. The van der Waals surface area contributed by atoms with Gasteiger partial charge in [0.25, 0.3) is 0 Å². The van der Waals surface area contributed by atoms with Crippen LogP contribution in [0, 0.1) is 0 Å². The minimum Gasteiger partial charge on any atom is -0.368 e. The average molecular weight is 289 g/mol. The molecule has 0 bridgehead atoms. The SMILES string of the molecule is CCNC(CC)c1ccccc1N1CCN(C(C)=O)CC1. The molecule has 1 saturated heterocycles. The van der Waals surface area contributed by atoms with Gasteiger partial charge in [0.1, 0.15) is 0 Å². The van der Waals surface area contributed by atoms with Crippen molar-refractivity contribution >= 4 is 11.6 Å². The third kappa shape index (κ3) is 3.76. The van der Waals surface area contributed by atoms with Gasteiger partial charge in [-0.3, -0.25) is 4.79 Å². The van der Waals surface area contributed by atoms with Crippen molar-refractivity contribution in [1.82, 2.24) is 10.2 Å². The normalized spacial score (nSPS) is 16.9. The highest BCUT2D eigenvalue weighted by Crippen LogP contribution is 2.29. The second-order valence-electron chi connectivity index (χ2n) is 5.57. The Hall–Kier alpha value is -1.55. The van der Waals surface area contributed by atoms with E-state index in [1.54, 1.807) is 6.92 Å². The molecule has 1 amide bonds. The Labute approximate surface area is 128 Å². The molecule has 1 unspecified atom stereocenters. The van der Waals surface area contributed by atoms with Crippen LogP contribution in [-0.2, 0) is 4.79 Å². The van der Waals surface area contributed by atoms with Crippen molar-refractivity contribution in [2.24, 2.45) is 0 Å². The van der Waals surface area contributed by atoms with Gasteiger partial charge < -0.3 is 15.1 Å². The lowest BCUT2D eigenvalue weighted by Gasteiger charge is -2.37. The number of nitrogens with zero attached hydrogens (tertiary/aromatic N) is 2. The monoisotopic (exact) mass is 289 g/mol. The van der Waals surface area contributed by atoms with Crippen LogP contribution in [0.1, 0.15) is 38.8 Å². The number of carbonyl (C=O) groups is 1. The molecule has 1 fully saturated rings. The summed E-state index contributed by atoms with van der Waals surface area (Å²) in [5.74, 6) is 0.182. The molecule has 2 rings (SSSR count). The lowest BCUT2D eigenvalue weighted by atomic mass is 10.0. The maximum absolute atomic E-state index is 11.4. The fourth-order valence-electron chi connectivity index (χ4n) is 3.05. The van der Waals surface area contributed by atoms with Gasteiger partial charge in [-0.15, -0.1) is 0 Å². The van der Waals surface area contributed by atoms with Crippen LogP contribution in [0.25, 0.3) is 0 Å². The Balaban J connectivity index is 2.15. The summed E-state index contributed by atoms with van der Waals surface area (Å²) in [6.45, 7) is 10.5. The second kappa shape index (κ2) is 7.46. The Kier molecular flexibility index (Phi) is 5.62. The van der Waals surface area contributed by atoms with E-state index in [2.05, 4.69) is 48.3 Å². The van der Waals surface area contributed by atoms with Crippen LogP contribution < -0.4 is 10.2 Å². The quantitative estimate of drug-likeness (QED) is 0.904. The molecule has 1 aromatic carbocycles. The van der Waals surface area contributed by atoms with Crippen molar-refractivity contribution < 1.29 is 4.79 Å². The van der Waals surface area contributed by atoms with Crippen LogP contribution in [0.15, 0.2) is 24.3 Å². The van der Waals surface area contributed by atoms with Crippen LogP contribution in [0.3, 0.4) is 0 Å². The topological polar surface area (TPSA) is 35.6 Å². The molecule has 1 atom stereocenters. The van der Waals surface area contributed by atoms with E-state index in [1.807, 2.05) is 4.90 Å². The molecule has 1 N–H and O–H groups in total. The van der Waals surface area contributed by atoms with Crippen LogP contribution in [0.4, 0.5) is 5.69 Å². The van der Waals surface area contributed by atoms with Crippen LogP contribution >= 0.6 is 0 Å². The summed E-state index contributed by atoms with van der Waals surface area (Å²) in [7, 11) is 0. The number of nitrogens with one attached hydrogen (secondary N) is 1. The Morgan fingerprint density at radius 1 is 1.19 bits per heavy atom. The molecule has 0 spiro atoms. The van der Waals surface area contributed by atoms with Gasteiger partial charge in [0.15, 0.2) is 0 Å². The molecular weight excluding hydrogens is 262 g/mol. The number of anilines is 1. The number of rotatable bonds is 5. The summed E-state index contributed by atoms with van der Waals surface area (Å²) in [6, 6.07) is 9.05. The molecule has 0 aliphatic carbocycles. The summed E-state index contributed by atoms with van der Waals surface area (Å²) < 4.78 is 0. The minimum absolute atomic E-state index is 0.182. The zero-order valence-electron chi connectivity index (χ0n) is 13.4. The number of piperazine rings is 1. The summed E-state index contributed by atoms with van der Waals surface area (Å²) in [5.41, 5.74) is 2.69. The van der Waals surface area contributed by atoms with Gasteiger partial charge in [-0.25, -0.2) is 0 Å². The van der Waals surface area contributed by atoms with E-state index in [9.17, 15) is 4.79 Å². The standard InChI is InChI=1S/C17H27N3O/c1-4-16(18-5-2)15-8-6-7-9-17(15)20-12-10-19(11-13-20)14(3)21/h6-9,16,18H,4-5,10-13H2,1-3H3. The molecule has 0 saturated carbocycles. The van der Waals surface area contributed by atoms with E-state index in [-0.39, 0.29) is 5.91 Å². The van der Waals surface area contributed by atoms with E-state index >= 15 is 0 Å². The first-order chi connectivity index (χ1) is 10.2. The van der Waals surface area contributed by atoms with Gasteiger partial charge in [-0.1, -0.05) is 32.0 Å². The number of para-hydroxylation sites is 1. The molecule has 21 heavy (non-hydrogen) atoms. The first-order valence-corrected chi connectivity index (χ1v) is 8.00. The number of carbonyl (C=O) groups excluding carboxylic acids is 1. The Bertz CT molecular complexity index is 467. The maximum Gasteiger partial charge on any atom is 0.219 e. The molecule has 0 aromatic heterocycles. The van der Waals surface area contributed by atoms with Gasteiger partial charge >= 0.3 is 0 Å². The highest BCUT2D eigenvalue weighted by Gasteiger charge is 2.22. The maximum atomic E-state index is 11.4. The fraction of sp³-hybridized carbons (Fsp3) is 0.588. The predicted molar refractivity (Wildman–Crippen MR) is 87.6 cm³/mol. The van der Waals surface area contributed by atoms with Gasteiger partial charge in [0, 0.05) is 44.8 Å². The fourth-order valence-corrected chi connectivity index (χ4v) is 3.05. The number of hydrogen-bond acceptors (Lipinski definition) is 3. The predicted octanol–water partition coefficient (Wildman–Crippen LogP) is 2.42. The molecule has 1 aromatic rings. The number of benzene rings is 1. The van der Waals surface area contributed by atoms with Crippen molar-refractivity contribution in [2.75, 3.05) is 37.6 Å². The van der Waals surface area contributed by atoms with E-state index in [0.29, 0.717) is 6.04 Å². The molecule has 1 aliphatic rings. The zero-order valence-corrected chi connectivity index (χ0v) is 13.4. The van der Waals surface area contributed by atoms with Crippen molar-refractivity contribution in [3.8, 4) is 0 Å². The zero-order chi connectivity index (χ0) is 15.2. The summed E-state index contributed by atoms with van der Waals surface area (Å²) >= 11 is 0. The molecule has 1 aliphatic heterocycles. The van der Waals surface area contributed by atoms with Gasteiger partial charge in [0.05, 0.1) is 0 Å². The highest BCUT2D eigenvalue weighted by atomic mass is 16.2. The minimum atomic E-state index is 0.182. The average Bonchev–Trinajstić information content (AvgIpc) is 2.53. The van der Waals surface area contributed by atoms with Crippen LogP contribution in [0.2, 0.25) is 0 Å². The highest BCUT2D eigenvalue weighted by molar-refractivity contribution is 5.73. The van der Waals surface area contributed by atoms with E-state index in [4.69, 9.17) is 0 Å². The first kappa shape index (κ1) is 15.8. The number of hydrogen-bond donors (Lipinski definition) is 1. The molecular formula is C17H27N3O. The van der Waals surface area contributed by atoms with Crippen molar-refractivity contribution in [3.63, 3.8) is 0 Å². The first-order valence-electron chi connectivity index (χ1n) is 8.00. The van der Waals surface area contributed by atoms with Crippen molar-refractivity contribution in [2.45, 2.75) is 33.2 Å².